The number of carbonyl (C=O) groups is 1. The number of non-ortho nitro benzene ring substituents is 1. The van der Waals surface area contributed by atoms with Gasteiger partial charge >= 0.3 is 6.55 Å². The smallest absolute Gasteiger partial charge is 0.333 e. The van der Waals surface area contributed by atoms with Gasteiger partial charge in [0.05, 0.1) is 16.7 Å². The van der Waals surface area contributed by atoms with Crippen LogP contribution in [0.15, 0.2) is 48.7 Å². The summed E-state index contributed by atoms with van der Waals surface area (Å²) in [6.07, 6.45) is 0.949. The molecule has 11 heteroatoms. The minimum atomic E-state index is -2.89. The lowest BCUT2D eigenvalue weighted by atomic mass is 10.2. The molecular formula is C18H13ClF2N4O4. The fourth-order valence-corrected chi connectivity index (χ4v) is 2.52. The van der Waals surface area contributed by atoms with Gasteiger partial charge in [0.15, 0.2) is 5.69 Å². The van der Waals surface area contributed by atoms with Gasteiger partial charge in [-0.1, -0.05) is 11.6 Å². The molecule has 0 aliphatic heterocycles. The van der Waals surface area contributed by atoms with E-state index in [0.717, 1.165) is 23.9 Å². The van der Waals surface area contributed by atoms with Gasteiger partial charge in [-0.15, -0.1) is 0 Å². The van der Waals surface area contributed by atoms with Crippen LogP contribution in [0.2, 0.25) is 5.02 Å². The maximum absolute atomic E-state index is 12.6. The Balaban J connectivity index is 1.86. The molecule has 0 unspecified atom stereocenters. The first-order valence-electron chi connectivity index (χ1n) is 8.11. The Hall–Kier alpha value is -3.53. The Morgan fingerprint density at radius 2 is 2.00 bits per heavy atom. The van der Waals surface area contributed by atoms with Crippen molar-refractivity contribution in [3.63, 3.8) is 0 Å². The van der Waals surface area contributed by atoms with E-state index in [9.17, 15) is 23.7 Å². The van der Waals surface area contributed by atoms with Gasteiger partial charge in [0.1, 0.15) is 11.5 Å². The van der Waals surface area contributed by atoms with Gasteiger partial charge in [-0.05, 0) is 36.8 Å². The van der Waals surface area contributed by atoms with Crippen molar-refractivity contribution < 1.29 is 23.2 Å². The molecule has 1 heterocycles. The van der Waals surface area contributed by atoms with Crippen LogP contribution in [-0.2, 0) is 0 Å². The van der Waals surface area contributed by atoms with Crippen LogP contribution in [-0.4, -0.2) is 20.6 Å². The second-order valence-corrected chi connectivity index (χ2v) is 6.31. The number of amides is 1. The number of nitrogens with one attached hydrogen (secondary N) is 1. The minimum Gasteiger partial charge on any atom is -0.457 e. The monoisotopic (exact) mass is 422 g/mol. The third-order valence-electron chi connectivity index (χ3n) is 3.77. The topological polar surface area (TPSA) is 99.3 Å². The highest BCUT2D eigenvalue weighted by atomic mass is 35.5. The van der Waals surface area contributed by atoms with E-state index in [1.165, 1.54) is 12.1 Å². The second kappa shape index (κ2) is 8.23. The van der Waals surface area contributed by atoms with E-state index >= 15 is 0 Å². The number of halogens is 3. The van der Waals surface area contributed by atoms with Crippen LogP contribution in [0, 0.1) is 17.0 Å². The fraction of sp³-hybridized carbons (Fsp3) is 0.111. The highest BCUT2D eigenvalue weighted by Gasteiger charge is 2.17. The lowest BCUT2D eigenvalue weighted by Gasteiger charge is -2.10. The zero-order chi connectivity index (χ0) is 21.1. The molecule has 0 fully saturated rings. The number of aromatic nitrogens is 2. The normalized spacial score (nSPS) is 10.8. The van der Waals surface area contributed by atoms with E-state index in [0.29, 0.717) is 15.5 Å². The van der Waals surface area contributed by atoms with Crippen LogP contribution >= 0.6 is 11.6 Å². The average molecular weight is 423 g/mol. The Morgan fingerprint density at radius 3 is 2.62 bits per heavy atom. The van der Waals surface area contributed by atoms with Crippen LogP contribution in [0.4, 0.5) is 20.2 Å². The maximum atomic E-state index is 12.6. The summed E-state index contributed by atoms with van der Waals surface area (Å²) in [6.45, 7) is -1.12. The maximum Gasteiger partial charge on any atom is 0.333 e. The van der Waals surface area contributed by atoms with Crippen LogP contribution < -0.4 is 10.1 Å². The molecule has 0 aliphatic rings. The molecule has 0 spiro atoms. The number of anilines is 1. The van der Waals surface area contributed by atoms with E-state index in [-0.39, 0.29) is 22.8 Å². The lowest BCUT2D eigenvalue weighted by Crippen LogP contribution is -2.13. The summed E-state index contributed by atoms with van der Waals surface area (Å²) in [5.41, 5.74) is 0.184. The standard InChI is InChI=1S/C18H13ClF2N4O4/c1-10-6-13(2-3-15(10)19)29-14-8-11(7-12(9-14)25(27)28)22-17(26)16-4-5-24(23-16)18(20)21/h2-9,18H,1H3,(H,22,26). The van der Waals surface area contributed by atoms with Gasteiger partial charge < -0.3 is 10.1 Å². The molecule has 2 aromatic carbocycles. The number of rotatable bonds is 6. The summed E-state index contributed by atoms with van der Waals surface area (Å²) in [5, 5.41) is 17.6. The molecule has 0 saturated heterocycles. The van der Waals surface area contributed by atoms with Crippen molar-refractivity contribution in [3.8, 4) is 11.5 Å². The minimum absolute atomic E-state index is 0.0384. The van der Waals surface area contributed by atoms with Gasteiger partial charge in [-0.2, -0.15) is 13.9 Å². The number of nitrogens with zero attached hydrogens (tertiary/aromatic N) is 3. The number of benzene rings is 2. The molecular weight excluding hydrogens is 410 g/mol. The number of nitro benzene ring substituents is 1. The number of nitro groups is 1. The quantitative estimate of drug-likeness (QED) is 0.435. The molecule has 0 bridgehead atoms. The first-order chi connectivity index (χ1) is 13.7. The van der Waals surface area contributed by atoms with Crippen molar-refractivity contribution in [2.45, 2.75) is 13.5 Å². The fourth-order valence-electron chi connectivity index (χ4n) is 2.40. The highest BCUT2D eigenvalue weighted by molar-refractivity contribution is 6.31. The van der Waals surface area contributed by atoms with Crippen LogP contribution in [0.1, 0.15) is 22.6 Å². The van der Waals surface area contributed by atoms with Crippen LogP contribution in [0.5, 0.6) is 11.5 Å². The van der Waals surface area contributed by atoms with Crippen molar-refractivity contribution in [1.29, 1.82) is 0 Å². The van der Waals surface area contributed by atoms with Gasteiger partial charge in [-0.25, -0.2) is 4.68 Å². The summed E-state index contributed by atoms with van der Waals surface area (Å²) in [6, 6.07) is 9.62. The first-order valence-corrected chi connectivity index (χ1v) is 8.49. The summed E-state index contributed by atoms with van der Waals surface area (Å²) in [5.74, 6) is -0.326. The van der Waals surface area contributed by atoms with Gasteiger partial charge in [0, 0.05) is 23.4 Å². The third-order valence-corrected chi connectivity index (χ3v) is 4.19. The summed E-state index contributed by atoms with van der Waals surface area (Å²) >= 11 is 5.97. The Morgan fingerprint density at radius 1 is 1.24 bits per heavy atom. The molecule has 29 heavy (non-hydrogen) atoms. The number of ether oxygens (including phenoxy) is 1. The largest absolute Gasteiger partial charge is 0.457 e. The third kappa shape index (κ3) is 4.85. The molecule has 0 aliphatic carbocycles. The average Bonchev–Trinajstić information content (AvgIpc) is 3.15. The Bertz CT molecular complexity index is 1090. The number of alkyl halides is 2. The van der Waals surface area contributed by atoms with Crippen LogP contribution in [0.3, 0.4) is 0 Å². The van der Waals surface area contributed by atoms with E-state index < -0.39 is 17.4 Å². The number of carbonyl (C=O) groups excluding carboxylic acids is 1. The molecule has 150 valence electrons. The molecule has 8 nitrogen and oxygen atoms in total. The van der Waals surface area contributed by atoms with Crippen molar-refractivity contribution in [2.75, 3.05) is 5.32 Å². The van der Waals surface area contributed by atoms with E-state index in [4.69, 9.17) is 16.3 Å². The second-order valence-electron chi connectivity index (χ2n) is 5.90. The Kier molecular flexibility index (Phi) is 5.74. The molecule has 1 N–H and O–H groups in total. The SMILES string of the molecule is Cc1cc(Oc2cc(NC(=O)c3ccn(C(F)F)n3)cc([N+](=O)[O-])c2)ccc1Cl. The highest BCUT2D eigenvalue weighted by Crippen LogP contribution is 2.31. The Labute approximate surface area is 167 Å². The zero-order valence-corrected chi connectivity index (χ0v) is 15.6. The predicted octanol–water partition coefficient (Wildman–Crippen LogP) is 5.19. The predicted molar refractivity (Wildman–Crippen MR) is 101 cm³/mol. The summed E-state index contributed by atoms with van der Waals surface area (Å²) in [7, 11) is 0. The van der Waals surface area contributed by atoms with Crippen molar-refractivity contribution >= 4 is 28.9 Å². The first kappa shape index (κ1) is 20.2. The van der Waals surface area contributed by atoms with E-state index in [2.05, 4.69) is 10.4 Å². The zero-order valence-electron chi connectivity index (χ0n) is 14.8. The molecule has 0 radical (unpaired) electrons. The molecule has 1 aromatic heterocycles. The van der Waals surface area contributed by atoms with Gasteiger partial charge in [-0.3, -0.25) is 14.9 Å². The van der Waals surface area contributed by atoms with E-state index in [1.54, 1.807) is 25.1 Å². The summed E-state index contributed by atoms with van der Waals surface area (Å²) < 4.78 is 31.1. The lowest BCUT2D eigenvalue weighted by molar-refractivity contribution is -0.384. The molecule has 0 atom stereocenters. The summed E-state index contributed by atoms with van der Waals surface area (Å²) in [4.78, 5) is 22.8. The van der Waals surface area contributed by atoms with Gasteiger partial charge in [0.25, 0.3) is 11.6 Å². The molecule has 3 aromatic rings. The van der Waals surface area contributed by atoms with Crippen LogP contribution in [0.25, 0.3) is 0 Å². The van der Waals surface area contributed by atoms with Crippen molar-refractivity contribution in [2.24, 2.45) is 0 Å². The van der Waals surface area contributed by atoms with Gasteiger partial charge in [0.2, 0.25) is 0 Å². The number of hydrogen-bond acceptors (Lipinski definition) is 5. The molecule has 3 rings (SSSR count). The van der Waals surface area contributed by atoms with Crippen molar-refractivity contribution in [1.82, 2.24) is 9.78 Å². The van der Waals surface area contributed by atoms with E-state index in [1.807, 2.05) is 0 Å². The van der Waals surface area contributed by atoms with Crippen molar-refractivity contribution in [3.05, 3.63) is 75.1 Å². The number of aryl methyl sites for hydroxylation is 1. The number of hydrogen-bond donors (Lipinski definition) is 1. The molecule has 0 saturated carbocycles. The molecule has 1 amide bonds.